The van der Waals surface area contributed by atoms with Crippen molar-refractivity contribution in [2.45, 2.75) is 72.6 Å². The number of rotatable bonds is 11. The van der Waals surface area contributed by atoms with Crippen LogP contribution in [0.2, 0.25) is 0 Å². The third kappa shape index (κ3) is 7.13. The lowest BCUT2D eigenvalue weighted by atomic mass is 10.1. The number of halogens is 1. The first-order valence-electron chi connectivity index (χ1n) is 13.1. The Hall–Kier alpha value is -4.27. The van der Waals surface area contributed by atoms with Gasteiger partial charge in [-0.1, -0.05) is 41.5 Å². The van der Waals surface area contributed by atoms with Crippen molar-refractivity contribution < 1.29 is 51.7 Å². The Balaban J connectivity index is 2.06. The third-order valence-corrected chi connectivity index (χ3v) is 6.06. The molecular formula is C27H33FN2O12. The maximum absolute atomic E-state index is 16.6. The smallest absolute Gasteiger partial charge is 0.375 e. The van der Waals surface area contributed by atoms with Crippen LogP contribution in [0, 0.1) is 17.8 Å². The van der Waals surface area contributed by atoms with Gasteiger partial charge in [-0.15, -0.1) is 0 Å². The van der Waals surface area contributed by atoms with Crippen molar-refractivity contribution in [3.8, 4) is 0 Å². The fraction of sp³-hybridized carbons (Fsp3) is 0.556. The maximum atomic E-state index is 16.6. The summed E-state index contributed by atoms with van der Waals surface area (Å²) in [6.45, 7) is 7.03. The lowest BCUT2D eigenvalue weighted by molar-refractivity contribution is -0.226. The Labute approximate surface area is 239 Å². The van der Waals surface area contributed by atoms with Crippen LogP contribution in [0.25, 0.3) is 0 Å². The lowest BCUT2D eigenvalue weighted by Crippen LogP contribution is -2.49. The molecule has 2 aromatic rings. The second kappa shape index (κ2) is 13.1. The molecule has 0 unspecified atom stereocenters. The largest absolute Gasteiger partial charge is 0.459 e. The summed E-state index contributed by atoms with van der Waals surface area (Å²) in [5.74, 6) is -8.92. The first-order chi connectivity index (χ1) is 19.7. The summed E-state index contributed by atoms with van der Waals surface area (Å²) in [6.07, 6.45) is -3.42. The zero-order valence-electron chi connectivity index (χ0n) is 23.9. The number of hydrogen-bond donors (Lipinski definition) is 0. The van der Waals surface area contributed by atoms with Gasteiger partial charge in [0.25, 0.3) is 11.4 Å². The molecule has 0 spiro atoms. The molecule has 1 aliphatic rings. The van der Waals surface area contributed by atoms with E-state index in [1.807, 2.05) is 0 Å². The van der Waals surface area contributed by atoms with Crippen molar-refractivity contribution in [1.82, 2.24) is 9.13 Å². The summed E-state index contributed by atoms with van der Waals surface area (Å²) >= 11 is 0. The standard InChI is InChI=1S/C27H33FN2O12/c1-14(2)22(32)38-12-27(28)20(41-24(34)16(5)6)19(40-23(33)15(3)4)21(42-27)29-10-9-18(31)30(26(29)36)13-39-25(35)17-8-7-11-37-17/h7-11,14-16,19-21H,12-13H2,1-6H3/t19-,20+,21-,27-/m1/s1. The van der Waals surface area contributed by atoms with Gasteiger partial charge in [0.1, 0.15) is 0 Å². The summed E-state index contributed by atoms with van der Waals surface area (Å²) in [5, 5.41) is 0. The summed E-state index contributed by atoms with van der Waals surface area (Å²) < 4.78 is 49.1. The summed E-state index contributed by atoms with van der Waals surface area (Å²) in [4.78, 5) is 75.5. The molecular weight excluding hydrogens is 563 g/mol. The molecule has 0 saturated carbocycles. The van der Waals surface area contributed by atoms with Crippen LogP contribution in [0.3, 0.4) is 0 Å². The molecule has 15 heteroatoms. The van der Waals surface area contributed by atoms with Crippen LogP contribution in [-0.2, 0) is 44.8 Å². The van der Waals surface area contributed by atoms with E-state index in [-0.39, 0.29) is 5.76 Å². The zero-order valence-corrected chi connectivity index (χ0v) is 23.9. The zero-order chi connectivity index (χ0) is 31.4. The Morgan fingerprint density at radius 2 is 1.55 bits per heavy atom. The van der Waals surface area contributed by atoms with Crippen molar-refractivity contribution >= 4 is 23.9 Å². The summed E-state index contributed by atoms with van der Waals surface area (Å²) in [5.41, 5.74) is -2.04. The van der Waals surface area contributed by atoms with E-state index in [1.165, 1.54) is 59.9 Å². The summed E-state index contributed by atoms with van der Waals surface area (Å²) in [7, 11) is 0. The monoisotopic (exact) mass is 596 g/mol. The number of ether oxygens (including phenoxy) is 5. The predicted octanol–water partition coefficient (Wildman–Crippen LogP) is 1.95. The molecule has 1 fully saturated rings. The predicted molar refractivity (Wildman–Crippen MR) is 138 cm³/mol. The van der Waals surface area contributed by atoms with E-state index in [0.29, 0.717) is 9.13 Å². The quantitative estimate of drug-likeness (QED) is 0.273. The van der Waals surface area contributed by atoms with Gasteiger partial charge < -0.3 is 28.1 Å². The van der Waals surface area contributed by atoms with Gasteiger partial charge in [-0.2, -0.15) is 0 Å². The minimum Gasteiger partial charge on any atom is -0.459 e. The Bertz CT molecular complexity index is 1410. The highest BCUT2D eigenvalue weighted by Gasteiger charge is 2.62. The van der Waals surface area contributed by atoms with E-state index in [9.17, 15) is 28.8 Å². The molecule has 1 saturated heterocycles. The molecule has 14 nitrogen and oxygen atoms in total. The number of carbonyl (C=O) groups is 4. The third-order valence-electron chi connectivity index (χ3n) is 6.06. The van der Waals surface area contributed by atoms with Crippen molar-refractivity contribution in [2.24, 2.45) is 17.8 Å². The average Bonchev–Trinajstić information content (AvgIpc) is 3.55. The Morgan fingerprint density at radius 3 is 2.12 bits per heavy atom. The van der Waals surface area contributed by atoms with Crippen molar-refractivity contribution in [3.63, 3.8) is 0 Å². The van der Waals surface area contributed by atoms with E-state index < -0.39 is 90.5 Å². The number of alkyl halides is 1. The van der Waals surface area contributed by atoms with E-state index in [1.54, 1.807) is 0 Å². The number of nitrogens with zero attached hydrogens (tertiary/aromatic N) is 2. The Kier molecular flexibility index (Phi) is 10.1. The normalized spacial score (nSPS) is 21.9. The lowest BCUT2D eigenvalue weighted by Gasteiger charge is -2.28. The van der Waals surface area contributed by atoms with Gasteiger partial charge in [-0.25, -0.2) is 18.5 Å². The molecule has 0 bridgehead atoms. The van der Waals surface area contributed by atoms with Crippen LogP contribution in [0.5, 0.6) is 0 Å². The number of aromatic nitrogens is 2. The molecule has 0 amide bonds. The van der Waals surface area contributed by atoms with E-state index in [2.05, 4.69) is 0 Å². The molecule has 0 aromatic carbocycles. The minimum absolute atomic E-state index is 0.188. The highest BCUT2D eigenvalue weighted by Crippen LogP contribution is 2.42. The topological polar surface area (TPSA) is 172 Å². The second-order valence-corrected chi connectivity index (χ2v) is 10.4. The van der Waals surface area contributed by atoms with Crippen molar-refractivity contribution in [3.05, 3.63) is 57.3 Å². The van der Waals surface area contributed by atoms with Gasteiger partial charge in [0, 0.05) is 12.3 Å². The molecule has 0 aliphatic carbocycles. The highest BCUT2D eigenvalue weighted by atomic mass is 19.2. The Morgan fingerprint density at radius 1 is 0.929 bits per heavy atom. The number of carbonyl (C=O) groups excluding carboxylic acids is 4. The fourth-order valence-electron chi connectivity index (χ4n) is 3.64. The second-order valence-electron chi connectivity index (χ2n) is 10.4. The molecule has 0 radical (unpaired) electrons. The first-order valence-corrected chi connectivity index (χ1v) is 13.1. The maximum Gasteiger partial charge on any atom is 0.375 e. The minimum atomic E-state index is -3.09. The average molecular weight is 597 g/mol. The molecule has 230 valence electrons. The number of hydrogen-bond acceptors (Lipinski definition) is 12. The van der Waals surface area contributed by atoms with Crippen molar-refractivity contribution in [1.29, 1.82) is 0 Å². The van der Waals surface area contributed by atoms with E-state index >= 15 is 4.39 Å². The molecule has 2 aromatic heterocycles. The van der Waals surface area contributed by atoms with Crippen LogP contribution >= 0.6 is 0 Å². The van der Waals surface area contributed by atoms with Crippen LogP contribution in [0.1, 0.15) is 58.3 Å². The van der Waals surface area contributed by atoms with E-state index in [0.717, 1.165) is 12.3 Å². The van der Waals surface area contributed by atoms with Crippen molar-refractivity contribution in [2.75, 3.05) is 6.61 Å². The van der Waals surface area contributed by atoms with E-state index in [4.69, 9.17) is 28.1 Å². The van der Waals surface area contributed by atoms with Gasteiger partial charge in [-0.3, -0.25) is 23.7 Å². The van der Waals surface area contributed by atoms with Crippen LogP contribution in [0.15, 0.2) is 44.7 Å². The van der Waals surface area contributed by atoms with Gasteiger partial charge >= 0.3 is 29.6 Å². The number of esters is 4. The van der Waals surface area contributed by atoms with Gasteiger partial charge in [0.05, 0.1) is 24.0 Å². The van der Waals surface area contributed by atoms with Crippen LogP contribution in [0.4, 0.5) is 4.39 Å². The van der Waals surface area contributed by atoms with Crippen LogP contribution in [-0.4, -0.2) is 57.7 Å². The highest BCUT2D eigenvalue weighted by molar-refractivity contribution is 5.86. The first kappa shape index (κ1) is 32.2. The molecule has 0 N–H and O–H groups in total. The van der Waals surface area contributed by atoms with Gasteiger partial charge in [-0.05, 0) is 12.1 Å². The van der Waals surface area contributed by atoms with Gasteiger partial charge in [0.15, 0.2) is 25.7 Å². The van der Waals surface area contributed by atoms with Crippen LogP contribution < -0.4 is 11.2 Å². The summed E-state index contributed by atoms with van der Waals surface area (Å²) in [6, 6.07) is 3.64. The van der Waals surface area contributed by atoms with Gasteiger partial charge in [0.2, 0.25) is 11.9 Å². The SMILES string of the molecule is CC(C)C(=O)OC[C@@]1(F)O[C@@H](n2ccc(=O)n(COC(=O)c3ccco3)c2=O)[C@H](OC(=O)C(C)C)[C@@H]1OC(=O)C(C)C. The number of furan rings is 1. The molecule has 3 rings (SSSR count). The molecule has 42 heavy (non-hydrogen) atoms. The molecule has 1 aliphatic heterocycles. The fourth-order valence-corrected chi connectivity index (χ4v) is 3.64. The molecule has 3 heterocycles. The molecule has 4 atom stereocenters.